The molecule has 0 radical (unpaired) electrons. The fourth-order valence-corrected chi connectivity index (χ4v) is 4.44. The molecule has 0 unspecified atom stereocenters. The molecule has 1 aliphatic heterocycles. The Hall–Kier alpha value is -3.81. The highest BCUT2D eigenvalue weighted by Gasteiger charge is 2.38. The smallest absolute Gasteiger partial charge is 0.490 e. The molecule has 2 heterocycles. The number of anilines is 2. The number of ether oxygens (including phenoxy) is 1. The Balaban J connectivity index is 0.000000559. The number of aromatic carboxylic acids is 1. The van der Waals surface area contributed by atoms with E-state index in [-0.39, 0.29) is 11.5 Å². The lowest BCUT2D eigenvalue weighted by atomic mass is 10.1. The Labute approximate surface area is 236 Å². The first-order chi connectivity index (χ1) is 18.9. The molecule has 0 bridgehead atoms. The maximum atomic E-state index is 12.3. The minimum atomic E-state index is -5.08. The van der Waals surface area contributed by atoms with E-state index in [2.05, 4.69) is 15.1 Å². The number of nitrogens with one attached hydrogen (secondary N) is 1. The van der Waals surface area contributed by atoms with Crippen molar-refractivity contribution in [2.24, 2.45) is 0 Å². The third kappa shape index (κ3) is 9.14. The van der Waals surface area contributed by atoms with E-state index in [0.29, 0.717) is 41.0 Å². The Morgan fingerprint density at radius 3 is 2.20 bits per heavy atom. The van der Waals surface area contributed by atoms with E-state index in [1.807, 2.05) is 17.5 Å². The third-order valence-corrected chi connectivity index (χ3v) is 6.80. The lowest BCUT2D eigenvalue weighted by Gasteiger charge is -2.36. The first-order valence-electron chi connectivity index (χ1n) is 11.8. The summed E-state index contributed by atoms with van der Waals surface area (Å²) in [6.07, 6.45) is -5.08. The quantitative estimate of drug-likeness (QED) is 0.324. The number of carboxylic acid groups (broad SMARTS) is 2. The average Bonchev–Trinajstić information content (AvgIpc) is 3.46. The minimum Gasteiger partial charge on any atom is -0.492 e. The van der Waals surface area contributed by atoms with Crippen LogP contribution in [0, 0.1) is 0 Å². The van der Waals surface area contributed by atoms with Crippen molar-refractivity contribution in [2.45, 2.75) is 6.18 Å². The van der Waals surface area contributed by atoms with Crippen LogP contribution in [0.5, 0.6) is 5.75 Å². The molecule has 3 N–H and O–H groups in total. The molecule has 214 valence electrons. The molecule has 4 rings (SSSR count). The number of alkyl halides is 3. The van der Waals surface area contributed by atoms with Crippen LogP contribution in [0.25, 0.3) is 0 Å². The molecule has 1 fully saturated rings. The van der Waals surface area contributed by atoms with Crippen LogP contribution in [0.2, 0.25) is 5.02 Å². The van der Waals surface area contributed by atoms with Crippen LogP contribution in [-0.2, 0) is 4.79 Å². The number of carboxylic acids is 2. The van der Waals surface area contributed by atoms with Crippen LogP contribution in [0.3, 0.4) is 0 Å². The van der Waals surface area contributed by atoms with Crippen molar-refractivity contribution in [1.82, 2.24) is 4.90 Å². The summed E-state index contributed by atoms with van der Waals surface area (Å²) < 4.78 is 37.5. The van der Waals surface area contributed by atoms with Gasteiger partial charge in [-0.15, -0.1) is 11.3 Å². The molecule has 14 heteroatoms. The summed E-state index contributed by atoms with van der Waals surface area (Å²) in [7, 11) is 0. The predicted molar refractivity (Wildman–Crippen MR) is 145 cm³/mol. The number of hydrogen-bond acceptors (Lipinski definition) is 7. The molecular weight excluding hydrogens is 575 g/mol. The number of nitrogens with zero attached hydrogens (tertiary/aromatic N) is 2. The van der Waals surface area contributed by atoms with E-state index in [0.717, 1.165) is 25.4 Å². The molecule has 40 heavy (non-hydrogen) atoms. The molecule has 3 aromatic rings. The maximum Gasteiger partial charge on any atom is 0.490 e. The van der Waals surface area contributed by atoms with Crippen LogP contribution in [0.1, 0.15) is 20.0 Å². The highest BCUT2D eigenvalue weighted by atomic mass is 35.5. The Kier molecular flexibility index (Phi) is 10.8. The first-order valence-corrected chi connectivity index (χ1v) is 13.1. The summed E-state index contributed by atoms with van der Waals surface area (Å²) in [5.41, 5.74) is 1.31. The van der Waals surface area contributed by atoms with Gasteiger partial charge in [0.15, 0.2) is 0 Å². The lowest BCUT2D eigenvalue weighted by molar-refractivity contribution is -0.192. The van der Waals surface area contributed by atoms with E-state index in [1.165, 1.54) is 17.4 Å². The van der Waals surface area contributed by atoms with Gasteiger partial charge in [-0.1, -0.05) is 17.7 Å². The van der Waals surface area contributed by atoms with E-state index in [4.69, 9.17) is 26.2 Å². The van der Waals surface area contributed by atoms with E-state index in [1.54, 1.807) is 36.4 Å². The van der Waals surface area contributed by atoms with Gasteiger partial charge in [0.25, 0.3) is 5.91 Å². The minimum absolute atomic E-state index is 0.179. The molecule has 0 spiro atoms. The van der Waals surface area contributed by atoms with Gasteiger partial charge in [0.1, 0.15) is 12.4 Å². The second-order valence-electron chi connectivity index (χ2n) is 8.40. The zero-order valence-corrected chi connectivity index (χ0v) is 22.4. The summed E-state index contributed by atoms with van der Waals surface area (Å²) in [6, 6.07) is 15.9. The van der Waals surface area contributed by atoms with Gasteiger partial charge in [-0.2, -0.15) is 13.2 Å². The number of aliphatic carboxylic acids is 1. The number of carbonyl (C=O) groups excluding carboxylic acids is 1. The highest BCUT2D eigenvalue weighted by Crippen LogP contribution is 2.26. The predicted octanol–water partition coefficient (Wildman–Crippen LogP) is 5.19. The molecule has 1 amide bonds. The zero-order valence-electron chi connectivity index (χ0n) is 20.9. The summed E-state index contributed by atoms with van der Waals surface area (Å²) in [5.74, 6) is -3.23. The van der Waals surface area contributed by atoms with Crippen molar-refractivity contribution < 1.29 is 42.5 Å². The number of thiophene rings is 1. The van der Waals surface area contributed by atoms with Crippen LogP contribution < -0.4 is 15.0 Å². The van der Waals surface area contributed by atoms with E-state index < -0.39 is 18.1 Å². The third-order valence-electron chi connectivity index (χ3n) is 5.68. The van der Waals surface area contributed by atoms with Crippen molar-refractivity contribution in [1.29, 1.82) is 0 Å². The van der Waals surface area contributed by atoms with Crippen molar-refractivity contribution in [2.75, 3.05) is 49.5 Å². The van der Waals surface area contributed by atoms with Crippen molar-refractivity contribution in [3.05, 3.63) is 75.4 Å². The van der Waals surface area contributed by atoms with Gasteiger partial charge in [-0.3, -0.25) is 9.69 Å². The lowest BCUT2D eigenvalue weighted by Crippen LogP contribution is -2.47. The Morgan fingerprint density at radius 2 is 1.65 bits per heavy atom. The van der Waals surface area contributed by atoms with Crippen molar-refractivity contribution in [3.63, 3.8) is 0 Å². The van der Waals surface area contributed by atoms with Gasteiger partial charge >= 0.3 is 18.1 Å². The fraction of sp³-hybridized carbons (Fsp3) is 0.269. The highest BCUT2D eigenvalue weighted by molar-refractivity contribution is 7.12. The van der Waals surface area contributed by atoms with Gasteiger partial charge < -0.3 is 25.2 Å². The summed E-state index contributed by atoms with van der Waals surface area (Å²) in [6.45, 7) is 4.39. The first kappa shape index (κ1) is 30.7. The van der Waals surface area contributed by atoms with Crippen LogP contribution in [-0.4, -0.2) is 78.5 Å². The molecular formula is C26H25ClF3N3O6S. The largest absolute Gasteiger partial charge is 0.492 e. The number of carbonyl (C=O) groups is 3. The molecule has 1 aliphatic rings. The molecule has 9 nitrogen and oxygen atoms in total. The molecule has 0 aliphatic carbocycles. The van der Waals surface area contributed by atoms with Gasteiger partial charge in [-0.05, 0) is 53.9 Å². The van der Waals surface area contributed by atoms with Gasteiger partial charge in [-0.25, -0.2) is 9.59 Å². The standard InChI is InChI=1S/C24H24ClN3O4S.C2HF3O2/c25-17-3-6-19(7-4-17)32-14-13-27-9-11-28(12-10-27)21-8-5-18(16-20(21)24(30)31)26-23(29)22-2-1-15-33-22;3-2(4,5)1(6)7/h1-8,15-16H,9-14H2,(H,26,29)(H,30,31);(H,6,7). The molecule has 1 aromatic heterocycles. The molecule has 0 atom stereocenters. The second kappa shape index (κ2) is 14.0. The monoisotopic (exact) mass is 599 g/mol. The average molecular weight is 600 g/mol. The fourth-order valence-electron chi connectivity index (χ4n) is 3.70. The van der Waals surface area contributed by atoms with E-state index >= 15 is 0 Å². The second-order valence-corrected chi connectivity index (χ2v) is 9.79. The van der Waals surface area contributed by atoms with Crippen molar-refractivity contribution in [3.8, 4) is 5.75 Å². The van der Waals surface area contributed by atoms with E-state index in [9.17, 15) is 27.9 Å². The van der Waals surface area contributed by atoms with Gasteiger partial charge in [0.05, 0.1) is 16.1 Å². The topological polar surface area (TPSA) is 119 Å². The normalized spacial score (nSPS) is 13.7. The number of halogens is 4. The molecule has 2 aromatic carbocycles. The van der Waals surface area contributed by atoms with Crippen LogP contribution in [0.4, 0.5) is 24.5 Å². The van der Waals surface area contributed by atoms with Gasteiger partial charge in [0.2, 0.25) is 0 Å². The molecule has 0 saturated carbocycles. The summed E-state index contributed by atoms with van der Waals surface area (Å²) in [5, 5.41) is 22.2. The SMILES string of the molecule is O=C(Nc1ccc(N2CCN(CCOc3ccc(Cl)cc3)CC2)c(C(=O)O)c1)c1cccs1.O=C(O)C(F)(F)F. The molecule has 1 saturated heterocycles. The number of benzene rings is 2. The summed E-state index contributed by atoms with van der Waals surface area (Å²) in [4.78, 5) is 38.1. The van der Waals surface area contributed by atoms with Crippen LogP contribution >= 0.6 is 22.9 Å². The number of piperazine rings is 1. The number of rotatable bonds is 8. The Bertz CT molecular complexity index is 1300. The van der Waals surface area contributed by atoms with Crippen molar-refractivity contribution >= 4 is 52.2 Å². The number of hydrogen-bond donors (Lipinski definition) is 3. The van der Waals surface area contributed by atoms with Crippen LogP contribution in [0.15, 0.2) is 60.0 Å². The zero-order chi connectivity index (χ0) is 29.3. The Morgan fingerprint density at radius 1 is 1.00 bits per heavy atom. The summed E-state index contributed by atoms with van der Waals surface area (Å²) >= 11 is 7.23. The van der Waals surface area contributed by atoms with Gasteiger partial charge in [0, 0.05) is 43.4 Å². The number of amides is 1. The maximum absolute atomic E-state index is 12.3.